The van der Waals surface area contributed by atoms with Gasteiger partial charge >= 0.3 is 5.97 Å². The SMILES string of the molecule is COc1cccc(C)c1NC(=O)CC1(C(=O)O)CCC1. The van der Waals surface area contributed by atoms with Gasteiger partial charge in [-0.2, -0.15) is 0 Å². The van der Waals surface area contributed by atoms with Crippen LogP contribution in [0.3, 0.4) is 0 Å². The van der Waals surface area contributed by atoms with Crippen molar-refractivity contribution in [2.75, 3.05) is 12.4 Å². The second kappa shape index (κ2) is 5.53. The number of carboxylic acids is 1. The zero-order chi connectivity index (χ0) is 14.8. The van der Waals surface area contributed by atoms with Crippen LogP contribution in [-0.4, -0.2) is 24.1 Å². The molecule has 108 valence electrons. The Morgan fingerprint density at radius 2 is 2.10 bits per heavy atom. The fourth-order valence-corrected chi connectivity index (χ4v) is 2.53. The number of methoxy groups -OCH3 is 1. The van der Waals surface area contributed by atoms with Gasteiger partial charge in [-0.3, -0.25) is 9.59 Å². The number of nitrogens with one attached hydrogen (secondary N) is 1. The number of carbonyl (C=O) groups is 2. The summed E-state index contributed by atoms with van der Waals surface area (Å²) in [5, 5.41) is 12.0. The maximum absolute atomic E-state index is 12.1. The number of aliphatic carboxylic acids is 1. The van der Waals surface area contributed by atoms with Crippen LogP contribution < -0.4 is 10.1 Å². The van der Waals surface area contributed by atoms with Crippen molar-refractivity contribution >= 4 is 17.6 Å². The first-order valence-corrected chi connectivity index (χ1v) is 6.65. The zero-order valence-corrected chi connectivity index (χ0v) is 11.7. The summed E-state index contributed by atoms with van der Waals surface area (Å²) in [5.41, 5.74) is 0.621. The molecule has 0 aliphatic heterocycles. The molecule has 5 heteroatoms. The monoisotopic (exact) mass is 277 g/mol. The first kappa shape index (κ1) is 14.4. The maximum atomic E-state index is 12.1. The standard InChI is InChI=1S/C15H19NO4/c1-10-5-3-6-11(20-2)13(10)16-12(17)9-15(14(18)19)7-4-8-15/h3,5-6H,4,7-9H2,1-2H3,(H,16,17)(H,18,19). The van der Waals surface area contributed by atoms with Crippen LogP contribution in [0.4, 0.5) is 5.69 Å². The molecule has 1 aromatic carbocycles. The largest absolute Gasteiger partial charge is 0.495 e. The van der Waals surface area contributed by atoms with Crippen molar-refractivity contribution in [2.24, 2.45) is 5.41 Å². The summed E-state index contributed by atoms with van der Waals surface area (Å²) < 4.78 is 5.21. The molecule has 0 saturated heterocycles. The van der Waals surface area contributed by atoms with Gasteiger partial charge in [0, 0.05) is 6.42 Å². The number of anilines is 1. The molecule has 0 heterocycles. The second-order valence-electron chi connectivity index (χ2n) is 5.32. The Morgan fingerprint density at radius 3 is 2.60 bits per heavy atom. The minimum absolute atomic E-state index is 0.0137. The molecule has 1 aromatic rings. The topological polar surface area (TPSA) is 75.6 Å². The first-order valence-electron chi connectivity index (χ1n) is 6.65. The van der Waals surface area contributed by atoms with E-state index in [2.05, 4.69) is 5.32 Å². The van der Waals surface area contributed by atoms with Gasteiger partial charge in [0.15, 0.2) is 0 Å². The van der Waals surface area contributed by atoms with Crippen LogP contribution in [0.25, 0.3) is 0 Å². The van der Waals surface area contributed by atoms with Gasteiger partial charge in [0.1, 0.15) is 5.75 Å². The lowest BCUT2D eigenvalue weighted by Crippen LogP contribution is -2.41. The van der Waals surface area contributed by atoms with E-state index in [1.54, 1.807) is 6.07 Å². The highest BCUT2D eigenvalue weighted by molar-refractivity contribution is 5.96. The van der Waals surface area contributed by atoms with Crippen LogP contribution in [0.1, 0.15) is 31.2 Å². The van der Waals surface area contributed by atoms with Gasteiger partial charge < -0.3 is 15.2 Å². The number of benzene rings is 1. The Balaban J connectivity index is 2.11. The molecule has 1 fully saturated rings. The third-order valence-corrected chi connectivity index (χ3v) is 3.98. The van der Waals surface area contributed by atoms with Crippen molar-refractivity contribution in [3.63, 3.8) is 0 Å². The Kier molecular flexibility index (Phi) is 3.97. The third-order valence-electron chi connectivity index (χ3n) is 3.98. The maximum Gasteiger partial charge on any atom is 0.310 e. The Morgan fingerprint density at radius 1 is 1.40 bits per heavy atom. The van der Waals surface area contributed by atoms with Gasteiger partial charge in [0.25, 0.3) is 0 Å². The summed E-state index contributed by atoms with van der Waals surface area (Å²) in [6, 6.07) is 5.47. The molecule has 2 N–H and O–H groups in total. The van der Waals surface area contributed by atoms with E-state index in [0.29, 0.717) is 24.3 Å². The smallest absolute Gasteiger partial charge is 0.310 e. The zero-order valence-electron chi connectivity index (χ0n) is 11.7. The minimum atomic E-state index is -0.879. The highest BCUT2D eigenvalue weighted by atomic mass is 16.5. The Bertz CT molecular complexity index is 535. The number of aryl methyl sites for hydroxylation is 1. The average molecular weight is 277 g/mol. The predicted molar refractivity (Wildman–Crippen MR) is 74.9 cm³/mol. The predicted octanol–water partition coefficient (Wildman–Crippen LogP) is 2.59. The quantitative estimate of drug-likeness (QED) is 0.867. The molecular formula is C15H19NO4. The normalized spacial score (nSPS) is 16.1. The third kappa shape index (κ3) is 2.61. The van der Waals surface area contributed by atoms with Crippen LogP contribution in [0.5, 0.6) is 5.75 Å². The summed E-state index contributed by atoms with van der Waals surface area (Å²) in [6.07, 6.45) is 2.02. The van der Waals surface area contributed by atoms with Gasteiger partial charge in [-0.25, -0.2) is 0 Å². The van der Waals surface area contributed by atoms with Gasteiger partial charge in [-0.1, -0.05) is 18.6 Å². The molecule has 1 saturated carbocycles. The van der Waals surface area contributed by atoms with Gasteiger partial charge in [0.2, 0.25) is 5.91 Å². The number of para-hydroxylation sites is 1. The second-order valence-corrected chi connectivity index (χ2v) is 5.32. The summed E-state index contributed by atoms with van der Waals surface area (Å²) in [5.74, 6) is -0.577. The molecule has 0 aromatic heterocycles. The molecule has 0 atom stereocenters. The minimum Gasteiger partial charge on any atom is -0.495 e. The van der Waals surface area contributed by atoms with Crippen LogP contribution >= 0.6 is 0 Å². The molecular weight excluding hydrogens is 258 g/mol. The van der Waals surface area contributed by atoms with Gasteiger partial charge in [-0.15, -0.1) is 0 Å². The van der Waals surface area contributed by atoms with Crippen molar-refractivity contribution in [3.05, 3.63) is 23.8 Å². The Hall–Kier alpha value is -2.04. The molecule has 0 bridgehead atoms. The van der Waals surface area contributed by atoms with E-state index in [9.17, 15) is 14.7 Å². The molecule has 0 spiro atoms. The lowest BCUT2D eigenvalue weighted by atomic mass is 9.66. The number of amides is 1. The van der Waals surface area contributed by atoms with E-state index < -0.39 is 11.4 Å². The molecule has 1 amide bonds. The van der Waals surface area contributed by atoms with E-state index in [1.807, 2.05) is 19.1 Å². The van der Waals surface area contributed by atoms with E-state index in [0.717, 1.165) is 12.0 Å². The van der Waals surface area contributed by atoms with Crippen molar-refractivity contribution < 1.29 is 19.4 Å². The highest BCUT2D eigenvalue weighted by Gasteiger charge is 2.45. The number of carboxylic acid groups (broad SMARTS) is 1. The average Bonchev–Trinajstić information content (AvgIpc) is 2.35. The molecule has 1 aliphatic carbocycles. The van der Waals surface area contributed by atoms with Crippen molar-refractivity contribution in [1.82, 2.24) is 0 Å². The highest BCUT2D eigenvalue weighted by Crippen LogP contribution is 2.44. The van der Waals surface area contributed by atoms with Crippen molar-refractivity contribution in [3.8, 4) is 5.75 Å². The van der Waals surface area contributed by atoms with Gasteiger partial charge in [-0.05, 0) is 31.4 Å². The molecule has 0 radical (unpaired) electrons. The summed E-state index contributed by atoms with van der Waals surface area (Å²) >= 11 is 0. The fourth-order valence-electron chi connectivity index (χ4n) is 2.53. The van der Waals surface area contributed by atoms with E-state index in [4.69, 9.17) is 4.74 Å². The molecule has 0 unspecified atom stereocenters. The van der Waals surface area contributed by atoms with E-state index >= 15 is 0 Å². The van der Waals surface area contributed by atoms with E-state index in [-0.39, 0.29) is 12.3 Å². The van der Waals surface area contributed by atoms with Crippen LogP contribution in [0, 0.1) is 12.3 Å². The molecule has 20 heavy (non-hydrogen) atoms. The number of carbonyl (C=O) groups excluding carboxylic acids is 1. The lowest BCUT2D eigenvalue weighted by molar-refractivity contribution is -0.157. The summed E-state index contributed by atoms with van der Waals surface area (Å²) in [7, 11) is 1.54. The van der Waals surface area contributed by atoms with Crippen LogP contribution in [0.2, 0.25) is 0 Å². The molecule has 1 aliphatic rings. The molecule has 2 rings (SSSR count). The van der Waals surface area contributed by atoms with Crippen LogP contribution in [-0.2, 0) is 9.59 Å². The van der Waals surface area contributed by atoms with E-state index in [1.165, 1.54) is 7.11 Å². The number of ether oxygens (including phenoxy) is 1. The van der Waals surface area contributed by atoms with Crippen LogP contribution in [0.15, 0.2) is 18.2 Å². The fraction of sp³-hybridized carbons (Fsp3) is 0.467. The van der Waals surface area contributed by atoms with Crippen molar-refractivity contribution in [2.45, 2.75) is 32.6 Å². The number of hydrogen-bond acceptors (Lipinski definition) is 3. The number of rotatable bonds is 5. The number of hydrogen-bond donors (Lipinski definition) is 2. The summed E-state index contributed by atoms with van der Waals surface area (Å²) in [4.78, 5) is 23.4. The van der Waals surface area contributed by atoms with Gasteiger partial charge in [0.05, 0.1) is 18.2 Å². The summed E-state index contributed by atoms with van der Waals surface area (Å²) in [6.45, 7) is 1.87. The van der Waals surface area contributed by atoms with Crippen molar-refractivity contribution in [1.29, 1.82) is 0 Å². The first-order chi connectivity index (χ1) is 9.48. The molecule has 5 nitrogen and oxygen atoms in total. The Labute approximate surface area is 117 Å². The lowest BCUT2D eigenvalue weighted by Gasteiger charge is -2.37.